The summed E-state index contributed by atoms with van der Waals surface area (Å²) in [5.74, 6) is -1.77. The standard InChI is InChI=1S/C24H22F3N5O3/c25-17-2-1-3-18(26)16(17)11-32-21-4-6-31(24(34)15(21)9-29-32)22-8-23(28-10-19(22)27)30-20(12-33)14-5-7-35-13-14/h1-4,6,8-10,14,20,33H,5,7,11-13H2,(H,28,30)/t14?,20-/m1/s1. The second-order valence-electron chi connectivity index (χ2n) is 8.37. The Balaban J connectivity index is 1.48. The van der Waals surface area contributed by atoms with Crippen LogP contribution in [-0.2, 0) is 11.3 Å². The minimum Gasteiger partial charge on any atom is -0.394 e. The predicted molar refractivity (Wildman–Crippen MR) is 122 cm³/mol. The van der Waals surface area contributed by atoms with E-state index in [4.69, 9.17) is 4.74 Å². The highest BCUT2D eigenvalue weighted by atomic mass is 19.1. The van der Waals surface area contributed by atoms with Gasteiger partial charge in [-0.25, -0.2) is 18.2 Å². The number of pyridine rings is 2. The van der Waals surface area contributed by atoms with Gasteiger partial charge in [0.05, 0.1) is 54.8 Å². The fourth-order valence-corrected chi connectivity index (χ4v) is 4.29. The number of halogens is 3. The van der Waals surface area contributed by atoms with Crippen molar-refractivity contribution in [3.8, 4) is 5.69 Å². The number of fused-ring (bicyclic) bond motifs is 1. The summed E-state index contributed by atoms with van der Waals surface area (Å²) in [6.45, 7) is 0.744. The van der Waals surface area contributed by atoms with Crippen LogP contribution in [-0.4, -0.2) is 50.3 Å². The monoisotopic (exact) mass is 485 g/mol. The van der Waals surface area contributed by atoms with E-state index >= 15 is 0 Å². The Morgan fingerprint density at radius 2 is 1.97 bits per heavy atom. The molecule has 1 fully saturated rings. The first-order valence-electron chi connectivity index (χ1n) is 11.1. The highest BCUT2D eigenvalue weighted by molar-refractivity contribution is 5.78. The molecule has 5 rings (SSSR count). The molecule has 1 saturated heterocycles. The van der Waals surface area contributed by atoms with Crippen molar-refractivity contribution in [3.05, 3.63) is 82.3 Å². The Hall–Kier alpha value is -3.70. The van der Waals surface area contributed by atoms with Crippen molar-refractivity contribution >= 4 is 16.7 Å². The van der Waals surface area contributed by atoms with Crippen molar-refractivity contribution in [3.63, 3.8) is 0 Å². The Labute approximate surface area is 197 Å². The summed E-state index contributed by atoms with van der Waals surface area (Å²) in [6, 6.07) is 6.15. The minimum absolute atomic E-state index is 0.0401. The lowest BCUT2D eigenvalue weighted by Gasteiger charge is -2.22. The van der Waals surface area contributed by atoms with Crippen LogP contribution < -0.4 is 10.9 Å². The van der Waals surface area contributed by atoms with Crippen LogP contribution in [0.5, 0.6) is 0 Å². The number of rotatable bonds is 7. The van der Waals surface area contributed by atoms with Crippen LogP contribution in [0.2, 0.25) is 0 Å². The molecular weight excluding hydrogens is 463 g/mol. The zero-order valence-electron chi connectivity index (χ0n) is 18.5. The molecule has 2 atom stereocenters. The van der Waals surface area contributed by atoms with Gasteiger partial charge < -0.3 is 15.2 Å². The fourth-order valence-electron chi connectivity index (χ4n) is 4.29. The van der Waals surface area contributed by atoms with E-state index in [0.717, 1.165) is 29.3 Å². The third-order valence-electron chi connectivity index (χ3n) is 6.24. The number of ether oxygens (including phenoxy) is 1. The van der Waals surface area contributed by atoms with Crippen LogP contribution in [0, 0.1) is 23.4 Å². The van der Waals surface area contributed by atoms with E-state index in [1.54, 1.807) is 0 Å². The molecule has 0 bridgehead atoms. The summed E-state index contributed by atoms with van der Waals surface area (Å²) in [5.41, 5.74) is -0.421. The first-order chi connectivity index (χ1) is 17.0. The van der Waals surface area contributed by atoms with Crippen LogP contribution in [0.25, 0.3) is 16.6 Å². The summed E-state index contributed by atoms with van der Waals surface area (Å²) < 4.78 is 50.7. The molecule has 1 aliphatic heterocycles. The Morgan fingerprint density at radius 3 is 2.69 bits per heavy atom. The molecule has 2 N–H and O–H groups in total. The maximum absolute atomic E-state index is 14.7. The Morgan fingerprint density at radius 1 is 1.17 bits per heavy atom. The average molecular weight is 485 g/mol. The van der Waals surface area contributed by atoms with Gasteiger partial charge in [0.1, 0.15) is 17.5 Å². The van der Waals surface area contributed by atoms with E-state index < -0.39 is 23.0 Å². The van der Waals surface area contributed by atoms with Gasteiger partial charge in [-0.3, -0.25) is 14.0 Å². The third-order valence-corrected chi connectivity index (χ3v) is 6.24. The molecule has 1 aliphatic rings. The fraction of sp³-hybridized carbons (Fsp3) is 0.292. The molecule has 0 spiro atoms. The zero-order chi connectivity index (χ0) is 24.5. The topological polar surface area (TPSA) is 94.2 Å². The molecule has 0 amide bonds. The van der Waals surface area contributed by atoms with Crippen molar-refractivity contribution in [2.45, 2.75) is 19.0 Å². The quantitative estimate of drug-likeness (QED) is 0.418. The molecule has 3 aromatic heterocycles. The number of hydrogen-bond donors (Lipinski definition) is 2. The van der Waals surface area contributed by atoms with Crippen LogP contribution in [0.15, 0.2) is 53.7 Å². The molecule has 4 aromatic rings. The highest BCUT2D eigenvalue weighted by Gasteiger charge is 2.26. The van der Waals surface area contributed by atoms with Gasteiger partial charge in [0.25, 0.3) is 5.56 Å². The maximum atomic E-state index is 14.7. The largest absolute Gasteiger partial charge is 0.394 e. The van der Waals surface area contributed by atoms with Gasteiger partial charge in [0.15, 0.2) is 5.82 Å². The van der Waals surface area contributed by atoms with E-state index in [0.29, 0.717) is 24.5 Å². The highest BCUT2D eigenvalue weighted by Crippen LogP contribution is 2.23. The number of aliphatic hydroxyl groups is 1. The third kappa shape index (κ3) is 4.40. The number of nitrogens with zero attached hydrogens (tertiary/aromatic N) is 4. The molecule has 4 heterocycles. The summed E-state index contributed by atoms with van der Waals surface area (Å²) in [7, 11) is 0. The molecule has 8 nitrogen and oxygen atoms in total. The maximum Gasteiger partial charge on any atom is 0.266 e. The number of hydrogen-bond acceptors (Lipinski definition) is 6. The van der Waals surface area contributed by atoms with Gasteiger partial charge >= 0.3 is 0 Å². The van der Waals surface area contributed by atoms with E-state index in [1.807, 2.05) is 0 Å². The number of anilines is 1. The average Bonchev–Trinajstić information content (AvgIpc) is 3.52. The minimum atomic E-state index is -0.720. The molecule has 1 aromatic carbocycles. The number of nitrogens with one attached hydrogen (secondary N) is 1. The number of benzene rings is 1. The van der Waals surface area contributed by atoms with Gasteiger partial charge in [0, 0.05) is 30.4 Å². The molecule has 0 radical (unpaired) electrons. The second kappa shape index (κ2) is 9.51. The normalized spacial score (nSPS) is 16.6. The van der Waals surface area contributed by atoms with Crippen molar-refractivity contribution in [1.82, 2.24) is 19.3 Å². The van der Waals surface area contributed by atoms with Gasteiger partial charge in [-0.15, -0.1) is 0 Å². The predicted octanol–water partition coefficient (Wildman–Crippen LogP) is 2.86. The number of aromatic nitrogens is 4. The summed E-state index contributed by atoms with van der Waals surface area (Å²) in [4.78, 5) is 17.2. The summed E-state index contributed by atoms with van der Waals surface area (Å²) in [5, 5.41) is 17.1. The van der Waals surface area contributed by atoms with Crippen molar-refractivity contribution in [1.29, 1.82) is 0 Å². The molecule has 0 aliphatic carbocycles. The lowest BCUT2D eigenvalue weighted by Crippen LogP contribution is -2.33. The van der Waals surface area contributed by atoms with Gasteiger partial charge in [-0.1, -0.05) is 6.07 Å². The first-order valence-corrected chi connectivity index (χ1v) is 11.1. The molecule has 1 unspecified atom stereocenters. The molecular formula is C24H22F3N5O3. The molecule has 11 heteroatoms. The van der Waals surface area contributed by atoms with E-state index in [-0.39, 0.29) is 41.7 Å². The van der Waals surface area contributed by atoms with Crippen molar-refractivity contribution in [2.24, 2.45) is 5.92 Å². The van der Waals surface area contributed by atoms with Gasteiger partial charge in [-0.05, 0) is 24.6 Å². The van der Waals surface area contributed by atoms with Gasteiger partial charge in [0.2, 0.25) is 0 Å². The van der Waals surface area contributed by atoms with Crippen LogP contribution >= 0.6 is 0 Å². The first kappa shape index (κ1) is 23.1. The second-order valence-corrected chi connectivity index (χ2v) is 8.37. The van der Waals surface area contributed by atoms with E-state index in [1.165, 1.54) is 35.3 Å². The van der Waals surface area contributed by atoms with Crippen LogP contribution in [0.4, 0.5) is 19.0 Å². The SMILES string of the molecule is O=c1c2cnn(Cc3c(F)cccc3F)c2ccn1-c1cc(N[C@H](CO)C2CCOC2)ncc1F. The van der Waals surface area contributed by atoms with Crippen molar-refractivity contribution in [2.75, 3.05) is 25.1 Å². The lowest BCUT2D eigenvalue weighted by molar-refractivity contribution is 0.169. The Bertz CT molecular complexity index is 1410. The van der Waals surface area contributed by atoms with Gasteiger partial charge in [-0.2, -0.15) is 5.10 Å². The van der Waals surface area contributed by atoms with E-state index in [2.05, 4.69) is 15.4 Å². The van der Waals surface area contributed by atoms with E-state index in [9.17, 15) is 23.1 Å². The number of aliphatic hydroxyl groups excluding tert-OH is 1. The molecule has 182 valence electrons. The molecule has 35 heavy (non-hydrogen) atoms. The zero-order valence-corrected chi connectivity index (χ0v) is 18.5. The molecule has 0 saturated carbocycles. The van der Waals surface area contributed by atoms with Crippen LogP contribution in [0.3, 0.4) is 0 Å². The van der Waals surface area contributed by atoms with Crippen molar-refractivity contribution < 1.29 is 23.0 Å². The van der Waals surface area contributed by atoms with Crippen LogP contribution in [0.1, 0.15) is 12.0 Å². The summed E-state index contributed by atoms with van der Waals surface area (Å²) in [6.07, 6.45) is 4.44. The lowest BCUT2D eigenvalue weighted by atomic mass is 10.00. The Kier molecular flexibility index (Phi) is 6.27. The smallest absolute Gasteiger partial charge is 0.266 e. The summed E-state index contributed by atoms with van der Waals surface area (Å²) >= 11 is 0.